The van der Waals surface area contributed by atoms with Crippen molar-refractivity contribution < 1.29 is 14.6 Å². The van der Waals surface area contributed by atoms with E-state index in [-0.39, 0.29) is 0 Å². The molecule has 0 saturated heterocycles. The van der Waals surface area contributed by atoms with Crippen molar-refractivity contribution in [2.45, 2.75) is 51.3 Å². The number of aliphatic hydroxyl groups is 1. The molecule has 1 aromatic carbocycles. The number of methoxy groups -OCH3 is 2. The quantitative estimate of drug-likeness (QED) is 0.804. The second-order valence-corrected chi connectivity index (χ2v) is 7.46. The van der Waals surface area contributed by atoms with Gasteiger partial charge in [0.1, 0.15) is 17.6 Å². The molecule has 1 heterocycles. The van der Waals surface area contributed by atoms with E-state index in [4.69, 9.17) is 21.7 Å². The Bertz CT molecular complexity index is 637. The van der Waals surface area contributed by atoms with Gasteiger partial charge in [0.05, 0.1) is 20.8 Å². The molecule has 138 valence electrons. The SMILES string of the molecule is COc1ccc(OC)c2c1CN(C(=S)N[C@@H]1CCCC[C@@H]1C)C[C@H]2O. The molecule has 1 aromatic rings. The summed E-state index contributed by atoms with van der Waals surface area (Å²) >= 11 is 5.66. The number of β-amino-alcohol motifs (C(OH)–C–C–N with tert-alkyl or cyclic N) is 1. The number of thiocarbonyl (C=S) groups is 1. The van der Waals surface area contributed by atoms with Gasteiger partial charge in [0.15, 0.2) is 5.11 Å². The zero-order chi connectivity index (χ0) is 18.0. The highest BCUT2D eigenvalue weighted by atomic mass is 32.1. The maximum atomic E-state index is 10.7. The number of aliphatic hydroxyl groups excluding tert-OH is 1. The zero-order valence-corrected chi connectivity index (χ0v) is 16.1. The minimum absolute atomic E-state index is 0.423. The number of rotatable bonds is 3. The Morgan fingerprint density at radius 3 is 2.56 bits per heavy atom. The first-order chi connectivity index (χ1) is 12.0. The normalized spacial score (nSPS) is 25.9. The molecule has 1 aliphatic heterocycles. The van der Waals surface area contributed by atoms with Crippen molar-refractivity contribution in [2.75, 3.05) is 20.8 Å². The van der Waals surface area contributed by atoms with Gasteiger partial charge in [-0.3, -0.25) is 0 Å². The highest BCUT2D eigenvalue weighted by molar-refractivity contribution is 7.80. The predicted octanol–water partition coefficient (Wildman–Crippen LogP) is 3.01. The molecule has 25 heavy (non-hydrogen) atoms. The molecular formula is C19H28N2O3S. The van der Waals surface area contributed by atoms with E-state index < -0.39 is 6.10 Å². The molecule has 0 spiro atoms. The van der Waals surface area contributed by atoms with Gasteiger partial charge in [-0.05, 0) is 43.1 Å². The molecule has 1 aliphatic carbocycles. The third kappa shape index (κ3) is 3.70. The van der Waals surface area contributed by atoms with Crippen LogP contribution in [0, 0.1) is 5.92 Å². The minimum atomic E-state index is -0.655. The summed E-state index contributed by atoms with van der Waals surface area (Å²) in [5.74, 6) is 2.08. The van der Waals surface area contributed by atoms with Crippen LogP contribution in [0.5, 0.6) is 11.5 Å². The van der Waals surface area contributed by atoms with Crippen molar-refractivity contribution in [3.63, 3.8) is 0 Å². The minimum Gasteiger partial charge on any atom is -0.496 e. The van der Waals surface area contributed by atoms with Crippen LogP contribution < -0.4 is 14.8 Å². The molecule has 6 heteroatoms. The Labute approximate surface area is 155 Å². The van der Waals surface area contributed by atoms with E-state index >= 15 is 0 Å². The van der Waals surface area contributed by atoms with Crippen molar-refractivity contribution in [3.05, 3.63) is 23.3 Å². The topological polar surface area (TPSA) is 54.0 Å². The molecule has 0 aromatic heterocycles. The van der Waals surface area contributed by atoms with Crippen molar-refractivity contribution in [2.24, 2.45) is 5.92 Å². The number of hydrogen-bond donors (Lipinski definition) is 2. The predicted molar refractivity (Wildman–Crippen MR) is 102 cm³/mol. The molecule has 2 N–H and O–H groups in total. The molecular weight excluding hydrogens is 336 g/mol. The van der Waals surface area contributed by atoms with E-state index in [1.165, 1.54) is 19.3 Å². The van der Waals surface area contributed by atoms with Crippen LogP contribution in [-0.2, 0) is 6.54 Å². The van der Waals surface area contributed by atoms with Crippen LogP contribution in [0.2, 0.25) is 0 Å². The monoisotopic (exact) mass is 364 g/mol. The molecule has 3 atom stereocenters. The summed E-state index contributed by atoms with van der Waals surface area (Å²) in [6.45, 7) is 3.36. The molecule has 0 bridgehead atoms. The lowest BCUT2D eigenvalue weighted by Crippen LogP contribution is -2.49. The summed E-state index contributed by atoms with van der Waals surface area (Å²) in [7, 11) is 3.27. The number of nitrogens with zero attached hydrogens (tertiary/aromatic N) is 1. The van der Waals surface area contributed by atoms with Crippen molar-refractivity contribution in [1.29, 1.82) is 0 Å². The summed E-state index contributed by atoms with van der Waals surface area (Å²) < 4.78 is 10.9. The van der Waals surface area contributed by atoms with E-state index in [0.29, 0.717) is 35.9 Å². The fourth-order valence-corrected chi connectivity index (χ4v) is 4.30. The molecule has 3 rings (SSSR count). The van der Waals surface area contributed by atoms with Gasteiger partial charge in [-0.2, -0.15) is 0 Å². The Kier molecular flexibility index (Phi) is 5.69. The molecule has 1 saturated carbocycles. The molecule has 0 amide bonds. The van der Waals surface area contributed by atoms with Crippen LogP contribution in [-0.4, -0.2) is 41.9 Å². The number of hydrogen-bond acceptors (Lipinski definition) is 4. The summed E-state index contributed by atoms with van der Waals surface area (Å²) in [5, 5.41) is 15.0. The Morgan fingerprint density at radius 1 is 1.20 bits per heavy atom. The van der Waals surface area contributed by atoms with Gasteiger partial charge in [0.2, 0.25) is 0 Å². The third-order valence-corrected chi connectivity index (χ3v) is 5.87. The average Bonchev–Trinajstić information content (AvgIpc) is 2.62. The lowest BCUT2D eigenvalue weighted by Gasteiger charge is -2.38. The van der Waals surface area contributed by atoms with Crippen LogP contribution in [0.1, 0.15) is 49.8 Å². The largest absolute Gasteiger partial charge is 0.496 e. The number of fused-ring (bicyclic) bond motifs is 1. The van der Waals surface area contributed by atoms with E-state index in [1.807, 2.05) is 17.0 Å². The smallest absolute Gasteiger partial charge is 0.169 e. The first-order valence-corrected chi connectivity index (χ1v) is 9.43. The maximum Gasteiger partial charge on any atom is 0.169 e. The Hall–Kier alpha value is -1.53. The van der Waals surface area contributed by atoms with Crippen molar-refractivity contribution in [1.82, 2.24) is 10.2 Å². The van der Waals surface area contributed by atoms with Gasteiger partial charge in [-0.1, -0.05) is 19.8 Å². The second kappa shape index (κ2) is 7.79. The van der Waals surface area contributed by atoms with E-state index in [2.05, 4.69) is 12.2 Å². The molecule has 5 nitrogen and oxygen atoms in total. The first-order valence-electron chi connectivity index (χ1n) is 9.02. The molecule has 2 aliphatic rings. The maximum absolute atomic E-state index is 10.7. The van der Waals surface area contributed by atoms with Gasteiger partial charge in [0.25, 0.3) is 0 Å². The molecule has 0 unspecified atom stereocenters. The van der Waals surface area contributed by atoms with E-state index in [1.54, 1.807) is 14.2 Å². The zero-order valence-electron chi connectivity index (χ0n) is 15.2. The highest BCUT2D eigenvalue weighted by Crippen LogP contribution is 2.39. The molecule has 0 radical (unpaired) electrons. The van der Waals surface area contributed by atoms with Crippen LogP contribution in [0.25, 0.3) is 0 Å². The average molecular weight is 365 g/mol. The fraction of sp³-hybridized carbons (Fsp3) is 0.632. The van der Waals surface area contributed by atoms with Crippen molar-refractivity contribution in [3.8, 4) is 11.5 Å². The van der Waals surface area contributed by atoms with Gasteiger partial charge >= 0.3 is 0 Å². The van der Waals surface area contributed by atoms with Crippen LogP contribution in [0.3, 0.4) is 0 Å². The van der Waals surface area contributed by atoms with Gasteiger partial charge < -0.3 is 24.8 Å². The third-order valence-electron chi connectivity index (χ3n) is 5.50. The molecule has 1 fully saturated rings. The first kappa shape index (κ1) is 18.3. The van der Waals surface area contributed by atoms with Gasteiger partial charge in [-0.25, -0.2) is 0 Å². The van der Waals surface area contributed by atoms with Crippen LogP contribution >= 0.6 is 12.2 Å². The van der Waals surface area contributed by atoms with E-state index in [9.17, 15) is 5.11 Å². The Balaban J connectivity index is 1.79. The highest BCUT2D eigenvalue weighted by Gasteiger charge is 2.32. The summed E-state index contributed by atoms with van der Waals surface area (Å²) in [6.07, 6.45) is 4.31. The Morgan fingerprint density at radius 2 is 1.88 bits per heavy atom. The number of ether oxygens (including phenoxy) is 2. The van der Waals surface area contributed by atoms with Gasteiger partial charge in [-0.15, -0.1) is 0 Å². The summed E-state index contributed by atoms with van der Waals surface area (Å²) in [5.41, 5.74) is 1.76. The van der Waals surface area contributed by atoms with Crippen molar-refractivity contribution >= 4 is 17.3 Å². The second-order valence-electron chi connectivity index (χ2n) is 7.08. The summed E-state index contributed by atoms with van der Waals surface area (Å²) in [6, 6.07) is 4.15. The van der Waals surface area contributed by atoms with Crippen LogP contribution in [0.15, 0.2) is 12.1 Å². The lowest BCUT2D eigenvalue weighted by atomic mass is 9.86. The van der Waals surface area contributed by atoms with Crippen LogP contribution in [0.4, 0.5) is 0 Å². The standard InChI is InChI=1S/C19H28N2O3S/c1-12-6-4-5-7-14(12)20-19(25)21-10-13-16(23-2)8-9-17(24-3)18(13)15(22)11-21/h8-9,12,14-15,22H,4-7,10-11H2,1-3H3,(H,20,25)/t12-,14+,15+/m0/s1. The van der Waals surface area contributed by atoms with E-state index in [0.717, 1.165) is 23.3 Å². The fourth-order valence-electron chi connectivity index (χ4n) is 4.01. The number of nitrogens with one attached hydrogen (secondary N) is 1. The van der Waals surface area contributed by atoms with Gasteiger partial charge in [0, 0.05) is 23.7 Å². The summed E-state index contributed by atoms with van der Waals surface area (Å²) in [4.78, 5) is 2.03. The lowest BCUT2D eigenvalue weighted by molar-refractivity contribution is 0.120. The number of benzene rings is 1.